The van der Waals surface area contributed by atoms with Crippen molar-refractivity contribution in [3.05, 3.63) is 132 Å². The van der Waals surface area contributed by atoms with Crippen LogP contribution in [0.5, 0.6) is 0 Å². The number of nitrogens with one attached hydrogen (secondary N) is 1. The van der Waals surface area contributed by atoms with Crippen LogP contribution in [-0.4, -0.2) is 8.42 Å². The van der Waals surface area contributed by atoms with E-state index in [1.165, 1.54) is 0 Å². The van der Waals surface area contributed by atoms with Crippen LogP contribution in [0.15, 0.2) is 120 Å². The number of hydrogen-bond acceptors (Lipinski definition) is 3. The zero-order chi connectivity index (χ0) is 23.3. The molecule has 4 aromatic carbocycles. The van der Waals surface area contributed by atoms with Crippen LogP contribution in [-0.2, 0) is 31.3 Å². The molecule has 0 heterocycles. The van der Waals surface area contributed by atoms with Gasteiger partial charge in [-0.05, 0) is 0 Å². The van der Waals surface area contributed by atoms with Gasteiger partial charge in [0.15, 0.2) is 0 Å². The van der Waals surface area contributed by atoms with E-state index in [9.17, 15) is 8.42 Å². The van der Waals surface area contributed by atoms with E-state index in [-0.39, 0.29) is 4.90 Å². The normalized spacial score (nSPS) is 14.5. The van der Waals surface area contributed by atoms with Crippen LogP contribution in [0.25, 0.3) is 0 Å². The molecule has 2 atom stereocenters. The molecule has 0 radical (unpaired) electrons. The summed E-state index contributed by atoms with van der Waals surface area (Å²) < 4.78 is 30.6. The molecule has 0 saturated heterocycles. The van der Waals surface area contributed by atoms with Gasteiger partial charge in [-0.15, -0.1) is 0 Å². The SMILES string of the molecule is Cc1ccc(S(=O)(=O)N[C@]([Ru][c]2ccccc2)(c2ccccc2)[C@@H](N)c2ccccc2)cc1. The quantitative estimate of drug-likeness (QED) is 0.327. The molecule has 0 aliphatic heterocycles. The molecule has 4 rings (SSSR count). The topological polar surface area (TPSA) is 72.2 Å². The van der Waals surface area contributed by atoms with Gasteiger partial charge in [0.05, 0.1) is 0 Å². The van der Waals surface area contributed by atoms with Gasteiger partial charge in [-0.1, -0.05) is 0 Å². The van der Waals surface area contributed by atoms with Crippen molar-refractivity contribution in [2.45, 2.75) is 22.0 Å². The van der Waals surface area contributed by atoms with E-state index < -0.39 is 37.3 Å². The number of benzene rings is 4. The van der Waals surface area contributed by atoms with E-state index in [2.05, 4.69) is 4.72 Å². The van der Waals surface area contributed by atoms with Crippen molar-refractivity contribution in [3.63, 3.8) is 0 Å². The van der Waals surface area contributed by atoms with Gasteiger partial charge in [0, 0.05) is 0 Å². The Hall–Kier alpha value is -2.63. The molecule has 0 bridgehead atoms. The molecule has 0 fully saturated rings. The van der Waals surface area contributed by atoms with Crippen LogP contribution in [0, 0.1) is 6.92 Å². The number of hydrogen-bond donors (Lipinski definition) is 2. The number of aryl methyl sites for hydroxylation is 1. The summed E-state index contributed by atoms with van der Waals surface area (Å²) in [7, 11) is -3.86. The van der Waals surface area contributed by atoms with Crippen molar-refractivity contribution < 1.29 is 25.5 Å². The third-order valence-electron chi connectivity index (χ3n) is 5.34. The molecule has 0 amide bonds. The Labute approximate surface area is 203 Å². The summed E-state index contributed by atoms with van der Waals surface area (Å²) in [5, 5.41) is 0. The van der Waals surface area contributed by atoms with Crippen molar-refractivity contribution in [1.82, 2.24) is 4.72 Å². The summed E-state index contributed by atoms with van der Waals surface area (Å²) in [6.45, 7) is 1.93. The molecule has 33 heavy (non-hydrogen) atoms. The van der Waals surface area contributed by atoms with Gasteiger partial charge in [0.1, 0.15) is 0 Å². The Balaban J connectivity index is 1.91. The molecular weight excluding hydrogens is 517 g/mol. The molecule has 170 valence electrons. The first-order chi connectivity index (χ1) is 15.9. The van der Waals surface area contributed by atoms with Gasteiger partial charge < -0.3 is 0 Å². The average molecular weight is 544 g/mol. The third kappa shape index (κ3) is 5.31. The fourth-order valence-corrected chi connectivity index (χ4v) is 8.35. The zero-order valence-corrected chi connectivity index (χ0v) is 20.8. The molecule has 0 saturated carbocycles. The van der Waals surface area contributed by atoms with Crippen molar-refractivity contribution in [2.75, 3.05) is 0 Å². The summed E-state index contributed by atoms with van der Waals surface area (Å²) in [5.41, 5.74) is 9.68. The first kappa shape index (κ1) is 23.5. The monoisotopic (exact) mass is 544 g/mol. The van der Waals surface area contributed by atoms with Crippen molar-refractivity contribution >= 4 is 14.2 Å². The molecule has 0 unspecified atom stereocenters. The van der Waals surface area contributed by atoms with Gasteiger partial charge in [-0.2, -0.15) is 0 Å². The van der Waals surface area contributed by atoms with Crippen LogP contribution in [0.2, 0.25) is 0 Å². The van der Waals surface area contributed by atoms with Crippen LogP contribution >= 0.6 is 0 Å². The Morgan fingerprint density at radius 3 is 1.85 bits per heavy atom. The number of rotatable bonds is 8. The first-order valence-corrected chi connectivity index (χ1v) is 13.8. The van der Waals surface area contributed by atoms with Gasteiger partial charge in [0.2, 0.25) is 0 Å². The van der Waals surface area contributed by atoms with Crippen molar-refractivity contribution in [1.29, 1.82) is 0 Å². The van der Waals surface area contributed by atoms with Crippen molar-refractivity contribution in [3.8, 4) is 0 Å². The van der Waals surface area contributed by atoms with Crippen LogP contribution < -0.4 is 14.6 Å². The Kier molecular flexibility index (Phi) is 7.21. The van der Waals surface area contributed by atoms with Gasteiger partial charge in [-0.3, -0.25) is 0 Å². The minimum absolute atomic E-state index is 0.224. The molecule has 4 nitrogen and oxygen atoms in total. The predicted molar refractivity (Wildman–Crippen MR) is 129 cm³/mol. The fourth-order valence-electron chi connectivity index (χ4n) is 3.59. The van der Waals surface area contributed by atoms with E-state index in [0.717, 1.165) is 20.8 Å². The molecule has 0 spiro atoms. The predicted octanol–water partition coefficient (Wildman–Crippen LogP) is 4.23. The standard InChI is InChI=1S/C21H21N2O2S.C6H5.Ru/c1-16-12-14-19(15-13-16)26(24,25)23-21(18-10-6-3-7-11-18)20(22)17-8-4-2-5-9-17;1-2-4-6-5-3-1;/h2-15,20,23H,22H2,1H3;1-5H;/t20-;;/m0../s1. The van der Waals surface area contributed by atoms with Gasteiger partial charge >= 0.3 is 204 Å². The van der Waals surface area contributed by atoms with Gasteiger partial charge in [0.25, 0.3) is 0 Å². The Morgan fingerprint density at radius 1 is 0.758 bits per heavy atom. The van der Waals surface area contributed by atoms with E-state index in [1.807, 2.05) is 97.9 Å². The summed E-state index contributed by atoms with van der Waals surface area (Å²) in [6.07, 6.45) is 0. The van der Waals surface area contributed by atoms with E-state index in [0.29, 0.717) is 0 Å². The summed E-state index contributed by atoms with van der Waals surface area (Å²) in [6, 6.07) is 35.7. The summed E-state index contributed by atoms with van der Waals surface area (Å²) in [5.74, 6) is 0. The van der Waals surface area contributed by atoms with Crippen LogP contribution in [0.1, 0.15) is 22.7 Å². The second-order valence-electron chi connectivity index (χ2n) is 7.74. The summed E-state index contributed by atoms with van der Waals surface area (Å²) >= 11 is -0.707. The van der Waals surface area contributed by atoms with Crippen LogP contribution in [0.3, 0.4) is 0 Å². The average Bonchev–Trinajstić information content (AvgIpc) is 2.85. The second kappa shape index (κ2) is 10.1. The number of nitrogens with two attached hydrogens (primary N) is 1. The zero-order valence-electron chi connectivity index (χ0n) is 18.2. The molecular formula is C27H26N2O2RuS. The molecule has 4 aromatic rings. The fraction of sp³-hybridized carbons (Fsp3) is 0.111. The van der Waals surface area contributed by atoms with Crippen molar-refractivity contribution in [2.24, 2.45) is 5.73 Å². The summed E-state index contributed by atoms with van der Waals surface area (Å²) in [4.78, 5) is 0.224. The molecule has 3 N–H and O–H groups in total. The van der Waals surface area contributed by atoms with Gasteiger partial charge in [-0.25, -0.2) is 0 Å². The molecule has 6 heteroatoms. The second-order valence-corrected chi connectivity index (χ2v) is 12.2. The Morgan fingerprint density at radius 2 is 1.27 bits per heavy atom. The minimum atomic E-state index is -3.86. The Bertz CT molecular complexity index is 1280. The molecule has 0 aromatic heterocycles. The van der Waals surface area contributed by atoms with E-state index in [4.69, 9.17) is 5.73 Å². The molecule has 0 aliphatic rings. The number of sulfonamides is 1. The molecule has 0 aliphatic carbocycles. The maximum atomic E-state index is 13.7. The first-order valence-electron chi connectivity index (χ1n) is 10.6. The van der Waals surface area contributed by atoms with Crippen LogP contribution in [0.4, 0.5) is 0 Å². The van der Waals surface area contributed by atoms with E-state index >= 15 is 0 Å². The third-order valence-corrected chi connectivity index (χ3v) is 10.1. The maximum absolute atomic E-state index is 13.7. The van der Waals surface area contributed by atoms with E-state index in [1.54, 1.807) is 24.3 Å².